The molecule has 2 atom stereocenters. The summed E-state index contributed by atoms with van der Waals surface area (Å²) in [6, 6.07) is 3.64. The molecule has 1 aromatic rings. The van der Waals surface area contributed by atoms with Gasteiger partial charge in [0, 0.05) is 34.2 Å². The third kappa shape index (κ3) is 4.10. The maximum absolute atomic E-state index is 11.8. The topological polar surface area (TPSA) is 56.3 Å². The van der Waals surface area contributed by atoms with E-state index < -0.39 is 10.8 Å². The Labute approximate surface area is 97.5 Å². The maximum atomic E-state index is 11.8. The monoisotopic (exact) mass is 241 g/mol. The van der Waals surface area contributed by atoms with Crippen LogP contribution in [0.2, 0.25) is 0 Å². The lowest BCUT2D eigenvalue weighted by Gasteiger charge is -2.09. The second-order valence-electron chi connectivity index (χ2n) is 3.47. The van der Waals surface area contributed by atoms with E-state index in [1.807, 2.05) is 12.1 Å². The predicted octanol–water partition coefficient (Wildman–Crippen LogP) is 1.28. The van der Waals surface area contributed by atoms with Crippen molar-refractivity contribution in [1.82, 2.24) is 4.98 Å². The van der Waals surface area contributed by atoms with Crippen LogP contribution in [0.4, 0.5) is 0 Å². The van der Waals surface area contributed by atoms with Crippen molar-refractivity contribution in [2.45, 2.75) is 24.3 Å². The Kier molecular flexibility index (Phi) is 5.11. The van der Waals surface area contributed by atoms with Gasteiger partial charge in [-0.1, -0.05) is 6.92 Å². The number of carbonyl (C=O) groups is 1. The van der Waals surface area contributed by atoms with Gasteiger partial charge >= 0.3 is 5.97 Å². The standard InChI is InChI=1S/C11H15NO3S/c1-9(7-11(13)15-2)16(14)8-10-3-5-12-6-4-10/h3-6,9H,7-8H2,1-2H3. The first-order valence-electron chi connectivity index (χ1n) is 4.96. The first kappa shape index (κ1) is 12.8. The summed E-state index contributed by atoms with van der Waals surface area (Å²) in [7, 11) is 0.268. The second-order valence-corrected chi connectivity index (χ2v) is 5.33. The van der Waals surface area contributed by atoms with Crippen LogP contribution in [0.5, 0.6) is 0 Å². The van der Waals surface area contributed by atoms with Crippen molar-refractivity contribution in [1.29, 1.82) is 0 Å². The van der Waals surface area contributed by atoms with E-state index in [9.17, 15) is 9.00 Å². The van der Waals surface area contributed by atoms with Crippen LogP contribution in [0.3, 0.4) is 0 Å². The molecular formula is C11H15NO3S. The first-order valence-corrected chi connectivity index (χ1v) is 6.34. The smallest absolute Gasteiger partial charge is 0.306 e. The van der Waals surface area contributed by atoms with E-state index in [4.69, 9.17) is 0 Å². The van der Waals surface area contributed by atoms with E-state index in [1.54, 1.807) is 19.3 Å². The molecule has 1 aromatic heterocycles. The van der Waals surface area contributed by atoms with Gasteiger partial charge in [-0.2, -0.15) is 0 Å². The molecule has 0 bridgehead atoms. The third-order valence-corrected chi connectivity index (χ3v) is 3.87. The number of hydrogen-bond donors (Lipinski definition) is 0. The molecular weight excluding hydrogens is 226 g/mol. The molecule has 0 aromatic carbocycles. The van der Waals surface area contributed by atoms with Crippen molar-refractivity contribution < 1.29 is 13.7 Å². The van der Waals surface area contributed by atoms with Gasteiger partial charge in [0.05, 0.1) is 13.5 Å². The molecule has 4 nitrogen and oxygen atoms in total. The van der Waals surface area contributed by atoms with Crippen molar-refractivity contribution in [3.63, 3.8) is 0 Å². The Bertz CT molecular complexity index is 367. The van der Waals surface area contributed by atoms with Crippen LogP contribution in [0.25, 0.3) is 0 Å². The molecule has 1 heterocycles. The number of rotatable bonds is 5. The zero-order valence-electron chi connectivity index (χ0n) is 9.38. The number of esters is 1. The fraction of sp³-hybridized carbons (Fsp3) is 0.455. The summed E-state index contributed by atoms with van der Waals surface area (Å²) in [5.41, 5.74) is 0.963. The molecule has 0 aliphatic heterocycles. The largest absolute Gasteiger partial charge is 0.469 e. The van der Waals surface area contributed by atoms with E-state index in [2.05, 4.69) is 9.72 Å². The van der Waals surface area contributed by atoms with Crippen LogP contribution in [0.15, 0.2) is 24.5 Å². The molecule has 0 spiro atoms. The molecule has 2 unspecified atom stereocenters. The Morgan fingerprint density at radius 1 is 1.50 bits per heavy atom. The molecule has 0 N–H and O–H groups in total. The van der Waals surface area contributed by atoms with Gasteiger partial charge in [0.15, 0.2) is 0 Å². The highest BCUT2D eigenvalue weighted by atomic mass is 32.2. The minimum atomic E-state index is -1.07. The summed E-state index contributed by atoms with van der Waals surface area (Å²) >= 11 is 0. The Morgan fingerprint density at radius 2 is 2.12 bits per heavy atom. The summed E-state index contributed by atoms with van der Waals surface area (Å²) in [5.74, 6) is 0.122. The first-order chi connectivity index (χ1) is 7.63. The van der Waals surface area contributed by atoms with Gasteiger partial charge in [0.1, 0.15) is 0 Å². The quantitative estimate of drug-likeness (QED) is 0.729. The molecule has 1 rings (SSSR count). The zero-order chi connectivity index (χ0) is 12.0. The van der Waals surface area contributed by atoms with Crippen molar-refractivity contribution >= 4 is 16.8 Å². The van der Waals surface area contributed by atoms with Gasteiger partial charge in [-0.15, -0.1) is 0 Å². The number of aromatic nitrogens is 1. The Hall–Kier alpha value is -1.23. The van der Waals surface area contributed by atoms with Crippen molar-refractivity contribution in [3.05, 3.63) is 30.1 Å². The van der Waals surface area contributed by atoms with Crippen LogP contribution < -0.4 is 0 Å². The number of carbonyl (C=O) groups excluding carboxylic acids is 1. The lowest BCUT2D eigenvalue weighted by atomic mass is 10.3. The fourth-order valence-electron chi connectivity index (χ4n) is 1.20. The van der Waals surface area contributed by atoms with Gasteiger partial charge in [0.25, 0.3) is 0 Å². The van der Waals surface area contributed by atoms with E-state index >= 15 is 0 Å². The second kappa shape index (κ2) is 6.37. The lowest BCUT2D eigenvalue weighted by Crippen LogP contribution is -2.18. The summed E-state index contributed by atoms with van der Waals surface area (Å²) in [6.45, 7) is 1.79. The molecule has 5 heteroatoms. The number of hydrogen-bond acceptors (Lipinski definition) is 4. The van der Waals surface area contributed by atoms with Crippen LogP contribution in [0.1, 0.15) is 18.9 Å². The SMILES string of the molecule is COC(=O)CC(C)S(=O)Cc1ccncc1. The number of pyridine rings is 1. The summed E-state index contributed by atoms with van der Waals surface area (Å²) in [5, 5.41) is -0.194. The highest BCUT2D eigenvalue weighted by Gasteiger charge is 2.16. The minimum Gasteiger partial charge on any atom is -0.469 e. The Morgan fingerprint density at radius 3 is 2.69 bits per heavy atom. The summed E-state index contributed by atoms with van der Waals surface area (Å²) in [4.78, 5) is 14.9. The third-order valence-electron chi connectivity index (χ3n) is 2.19. The molecule has 0 fully saturated rings. The van der Waals surface area contributed by atoms with Crippen LogP contribution in [-0.2, 0) is 26.1 Å². The van der Waals surface area contributed by atoms with Gasteiger partial charge in [-0.3, -0.25) is 14.0 Å². The van der Waals surface area contributed by atoms with Crippen molar-refractivity contribution in [2.24, 2.45) is 0 Å². The maximum Gasteiger partial charge on any atom is 0.306 e. The van der Waals surface area contributed by atoms with E-state index in [-0.39, 0.29) is 17.6 Å². The molecule has 0 aliphatic carbocycles. The molecule has 0 radical (unpaired) electrons. The predicted molar refractivity (Wildman–Crippen MR) is 62.2 cm³/mol. The van der Waals surface area contributed by atoms with E-state index in [0.717, 1.165) is 5.56 Å². The van der Waals surface area contributed by atoms with Gasteiger partial charge in [-0.05, 0) is 17.7 Å². The van der Waals surface area contributed by atoms with Gasteiger partial charge in [0.2, 0.25) is 0 Å². The molecule has 0 aliphatic rings. The summed E-state index contributed by atoms with van der Waals surface area (Å²) in [6.07, 6.45) is 3.52. The highest BCUT2D eigenvalue weighted by Crippen LogP contribution is 2.09. The Balaban J connectivity index is 2.49. The molecule has 88 valence electrons. The summed E-state index contributed by atoms with van der Waals surface area (Å²) < 4.78 is 16.4. The lowest BCUT2D eigenvalue weighted by molar-refractivity contribution is -0.140. The normalized spacial score (nSPS) is 14.1. The van der Waals surface area contributed by atoms with Crippen molar-refractivity contribution in [2.75, 3.05) is 7.11 Å². The van der Waals surface area contributed by atoms with Gasteiger partial charge < -0.3 is 4.74 Å². The van der Waals surface area contributed by atoms with E-state index in [1.165, 1.54) is 7.11 Å². The van der Waals surface area contributed by atoms with Crippen molar-refractivity contribution in [3.8, 4) is 0 Å². The average Bonchev–Trinajstić information content (AvgIpc) is 2.30. The zero-order valence-corrected chi connectivity index (χ0v) is 10.2. The average molecular weight is 241 g/mol. The van der Waals surface area contributed by atoms with E-state index in [0.29, 0.717) is 5.75 Å². The molecule has 0 saturated carbocycles. The molecule has 0 amide bonds. The van der Waals surface area contributed by atoms with Crippen LogP contribution >= 0.6 is 0 Å². The number of nitrogens with zero attached hydrogens (tertiary/aromatic N) is 1. The van der Waals surface area contributed by atoms with Crippen LogP contribution in [0, 0.1) is 0 Å². The number of ether oxygens (including phenoxy) is 1. The molecule has 16 heavy (non-hydrogen) atoms. The fourth-order valence-corrected chi connectivity index (χ4v) is 2.32. The van der Waals surface area contributed by atoms with Crippen LogP contribution in [-0.4, -0.2) is 27.5 Å². The minimum absolute atomic E-state index is 0.189. The molecule has 0 saturated heterocycles. The van der Waals surface area contributed by atoms with Gasteiger partial charge in [-0.25, -0.2) is 0 Å². The number of methoxy groups -OCH3 is 1. The highest BCUT2D eigenvalue weighted by molar-refractivity contribution is 7.84.